The molecule has 0 aliphatic heterocycles. The Morgan fingerprint density at radius 2 is 1.00 bits per heavy atom. The van der Waals surface area contributed by atoms with Crippen LogP contribution in [0.1, 0.15) is 40.5 Å². The number of hydrogen-bond acceptors (Lipinski definition) is 2. The predicted octanol–water partition coefficient (Wildman–Crippen LogP) is 11.3. The summed E-state index contributed by atoms with van der Waals surface area (Å²) >= 11 is 0. The second-order valence-electron chi connectivity index (χ2n) is 11.1. The van der Waals surface area contributed by atoms with Crippen molar-refractivity contribution in [3.05, 3.63) is 121 Å². The molecule has 0 spiro atoms. The summed E-state index contributed by atoms with van der Waals surface area (Å²) in [5, 5.41) is 4.98. The monoisotopic (exact) mass is 550 g/mol. The van der Waals surface area contributed by atoms with Crippen LogP contribution >= 0.6 is 0 Å². The molecule has 0 N–H and O–H groups in total. The lowest BCUT2D eigenvalue weighted by atomic mass is 9.83. The molecule has 2 unspecified atom stereocenters. The quantitative estimate of drug-likeness (QED) is 0.167. The predicted molar refractivity (Wildman–Crippen MR) is 179 cm³/mol. The molecule has 210 valence electrons. The maximum absolute atomic E-state index is 6.47. The van der Waals surface area contributed by atoms with Crippen molar-refractivity contribution in [2.24, 2.45) is 0 Å². The number of fused-ring (bicyclic) bond motifs is 2. The minimum atomic E-state index is 0.0838. The van der Waals surface area contributed by atoms with Gasteiger partial charge in [-0.2, -0.15) is 0 Å². The maximum atomic E-state index is 6.47. The van der Waals surface area contributed by atoms with Crippen molar-refractivity contribution in [2.45, 2.75) is 52.7 Å². The fraction of sp³-hybridized carbons (Fsp3) is 0.200. The second-order valence-corrected chi connectivity index (χ2v) is 11.1. The lowest BCUT2D eigenvalue weighted by molar-refractivity contribution is 0.177. The fourth-order valence-electron chi connectivity index (χ4n) is 5.76. The highest BCUT2D eigenvalue weighted by atomic mass is 16.5. The van der Waals surface area contributed by atoms with E-state index in [1.165, 1.54) is 49.4 Å². The molecule has 0 radical (unpaired) electrons. The van der Waals surface area contributed by atoms with Crippen LogP contribution in [0.5, 0.6) is 11.5 Å². The van der Waals surface area contributed by atoms with Gasteiger partial charge in [0, 0.05) is 0 Å². The minimum absolute atomic E-state index is 0.0838. The van der Waals surface area contributed by atoms with Crippen LogP contribution in [-0.2, 0) is 0 Å². The highest BCUT2D eigenvalue weighted by molar-refractivity contribution is 6.24. The van der Waals surface area contributed by atoms with Crippen LogP contribution in [-0.4, -0.2) is 12.2 Å². The summed E-state index contributed by atoms with van der Waals surface area (Å²) in [6.45, 7) is 8.51. The van der Waals surface area contributed by atoms with Crippen molar-refractivity contribution in [1.82, 2.24) is 0 Å². The van der Waals surface area contributed by atoms with Crippen molar-refractivity contribution in [3.8, 4) is 44.9 Å². The maximum Gasteiger partial charge on any atom is 0.162 e. The molecular formula is C40H38O2. The van der Waals surface area contributed by atoms with E-state index in [0.717, 1.165) is 29.9 Å². The molecule has 0 fully saturated rings. The smallest absolute Gasteiger partial charge is 0.162 e. The van der Waals surface area contributed by atoms with Gasteiger partial charge in [0.15, 0.2) is 11.5 Å². The van der Waals surface area contributed by atoms with Gasteiger partial charge in [-0.15, -0.1) is 0 Å². The Morgan fingerprint density at radius 1 is 0.476 bits per heavy atom. The van der Waals surface area contributed by atoms with E-state index in [-0.39, 0.29) is 12.2 Å². The van der Waals surface area contributed by atoms with Gasteiger partial charge < -0.3 is 9.47 Å². The summed E-state index contributed by atoms with van der Waals surface area (Å²) in [5.74, 6) is 1.59. The van der Waals surface area contributed by atoms with Crippen molar-refractivity contribution in [3.63, 3.8) is 0 Å². The number of benzene rings is 6. The summed E-state index contributed by atoms with van der Waals surface area (Å²) in [5.41, 5.74) is 7.23. The highest BCUT2D eigenvalue weighted by Crippen LogP contribution is 2.47. The van der Waals surface area contributed by atoms with E-state index in [0.29, 0.717) is 0 Å². The number of rotatable bonds is 9. The lowest BCUT2D eigenvalue weighted by Gasteiger charge is -2.22. The van der Waals surface area contributed by atoms with Gasteiger partial charge in [-0.05, 0) is 93.7 Å². The summed E-state index contributed by atoms with van der Waals surface area (Å²) in [4.78, 5) is 0. The van der Waals surface area contributed by atoms with Crippen molar-refractivity contribution in [2.75, 3.05) is 0 Å². The van der Waals surface area contributed by atoms with Gasteiger partial charge in [0.25, 0.3) is 0 Å². The summed E-state index contributed by atoms with van der Waals surface area (Å²) in [7, 11) is 0. The van der Waals surface area contributed by atoms with Crippen LogP contribution in [0.15, 0.2) is 121 Å². The first-order valence-electron chi connectivity index (χ1n) is 15.1. The Morgan fingerprint density at radius 3 is 1.62 bits per heavy atom. The average molecular weight is 551 g/mol. The normalized spacial score (nSPS) is 12.8. The van der Waals surface area contributed by atoms with Crippen LogP contribution in [0.3, 0.4) is 0 Å². The first-order valence-corrected chi connectivity index (χ1v) is 15.1. The molecule has 0 saturated heterocycles. The zero-order chi connectivity index (χ0) is 29.1. The van der Waals surface area contributed by atoms with Gasteiger partial charge in [-0.3, -0.25) is 0 Å². The molecule has 2 heteroatoms. The second kappa shape index (κ2) is 12.1. The van der Waals surface area contributed by atoms with Crippen LogP contribution in [0.25, 0.3) is 54.9 Å². The third-order valence-electron chi connectivity index (χ3n) is 8.24. The van der Waals surface area contributed by atoms with E-state index < -0.39 is 0 Å². The molecule has 6 aromatic carbocycles. The minimum Gasteiger partial charge on any atom is -0.487 e. The van der Waals surface area contributed by atoms with Gasteiger partial charge >= 0.3 is 0 Å². The van der Waals surface area contributed by atoms with E-state index in [2.05, 4.69) is 149 Å². The Kier molecular flexibility index (Phi) is 7.97. The number of ether oxygens (including phenoxy) is 2. The molecule has 2 atom stereocenters. The molecular weight excluding hydrogens is 512 g/mol. The Balaban J connectivity index is 1.70. The largest absolute Gasteiger partial charge is 0.487 e. The zero-order valence-corrected chi connectivity index (χ0v) is 24.9. The number of hydrogen-bond donors (Lipinski definition) is 0. The molecule has 2 nitrogen and oxygen atoms in total. The molecule has 0 bridgehead atoms. The average Bonchev–Trinajstić information content (AvgIpc) is 3.04. The zero-order valence-electron chi connectivity index (χ0n) is 24.9. The Labute approximate surface area is 249 Å². The standard InChI is InChI=1S/C40H38O2/c1-5-27(3)41-36-25-24-31(26-37(36)42-28(4)6-2)32-22-15-23-35-38(29-16-9-7-10-17-29)33-20-13-14-21-34(33)39(40(32)35)30-18-11-8-12-19-30/h7-28H,5-6H2,1-4H3. The van der Waals surface area contributed by atoms with Crippen LogP contribution < -0.4 is 9.47 Å². The summed E-state index contributed by atoms with van der Waals surface area (Å²) in [6.07, 6.45) is 2.05. The topological polar surface area (TPSA) is 18.5 Å². The van der Waals surface area contributed by atoms with Gasteiger partial charge in [0.2, 0.25) is 0 Å². The van der Waals surface area contributed by atoms with Crippen LogP contribution in [0, 0.1) is 0 Å². The SMILES string of the molecule is CCC(C)Oc1ccc(-c2cccc3c(-c4ccccc4)c4ccccc4c(-c4ccccc4)c23)cc1OC(C)CC. The van der Waals surface area contributed by atoms with Crippen molar-refractivity contribution in [1.29, 1.82) is 0 Å². The molecule has 0 heterocycles. The molecule has 42 heavy (non-hydrogen) atoms. The molecule has 0 aliphatic carbocycles. The van der Waals surface area contributed by atoms with Crippen LogP contribution in [0.2, 0.25) is 0 Å². The third-order valence-corrected chi connectivity index (χ3v) is 8.24. The fourth-order valence-corrected chi connectivity index (χ4v) is 5.76. The van der Waals surface area contributed by atoms with Gasteiger partial charge in [-0.25, -0.2) is 0 Å². The molecule has 0 aromatic heterocycles. The van der Waals surface area contributed by atoms with E-state index >= 15 is 0 Å². The van der Waals surface area contributed by atoms with E-state index in [4.69, 9.17) is 9.47 Å². The Hall–Kier alpha value is -4.56. The van der Waals surface area contributed by atoms with E-state index in [1.807, 2.05) is 0 Å². The van der Waals surface area contributed by atoms with Gasteiger partial charge in [0.05, 0.1) is 12.2 Å². The van der Waals surface area contributed by atoms with Gasteiger partial charge in [0.1, 0.15) is 0 Å². The van der Waals surface area contributed by atoms with Gasteiger partial charge in [-0.1, -0.05) is 123 Å². The van der Waals surface area contributed by atoms with Crippen molar-refractivity contribution < 1.29 is 9.47 Å². The Bertz CT molecular complexity index is 1820. The third kappa shape index (κ3) is 5.25. The first kappa shape index (κ1) is 27.6. The molecule has 6 aromatic rings. The van der Waals surface area contributed by atoms with Crippen LogP contribution in [0.4, 0.5) is 0 Å². The molecule has 0 saturated carbocycles. The molecule has 0 amide bonds. The first-order chi connectivity index (χ1) is 20.6. The van der Waals surface area contributed by atoms with E-state index in [9.17, 15) is 0 Å². The van der Waals surface area contributed by atoms with E-state index in [1.54, 1.807) is 0 Å². The van der Waals surface area contributed by atoms with Crippen molar-refractivity contribution >= 4 is 21.5 Å². The highest BCUT2D eigenvalue weighted by Gasteiger charge is 2.20. The molecule has 0 aliphatic rings. The summed E-state index contributed by atoms with van der Waals surface area (Å²) in [6, 6.07) is 43.5. The lowest BCUT2D eigenvalue weighted by Crippen LogP contribution is -2.14. The molecule has 6 rings (SSSR count). The summed E-state index contributed by atoms with van der Waals surface area (Å²) < 4.78 is 12.8.